The highest BCUT2D eigenvalue weighted by molar-refractivity contribution is 5.99. The summed E-state index contributed by atoms with van der Waals surface area (Å²) in [4.78, 5) is 18.6. The second-order valence-electron chi connectivity index (χ2n) is 6.99. The van der Waals surface area contributed by atoms with Gasteiger partial charge in [-0.2, -0.15) is 0 Å². The van der Waals surface area contributed by atoms with Crippen LogP contribution in [0, 0.1) is 12.7 Å². The molecule has 3 rings (SSSR count). The summed E-state index contributed by atoms with van der Waals surface area (Å²) in [6, 6.07) is 8.41. The molecule has 0 unspecified atom stereocenters. The number of halogens is 1. The number of carbonyl (C=O) groups is 1. The molecule has 1 aliphatic heterocycles. The molecular formula is C20H25FN4O2. The van der Waals surface area contributed by atoms with E-state index in [9.17, 15) is 9.18 Å². The van der Waals surface area contributed by atoms with Crippen LogP contribution in [0.15, 0.2) is 36.5 Å². The Morgan fingerprint density at radius 1 is 1.22 bits per heavy atom. The minimum absolute atomic E-state index is 0.152. The lowest BCUT2D eigenvalue weighted by molar-refractivity contribution is -0.0409. The van der Waals surface area contributed by atoms with Gasteiger partial charge in [0.1, 0.15) is 5.82 Å². The largest absolute Gasteiger partial charge is 0.378 e. The molecular weight excluding hydrogens is 347 g/mol. The fourth-order valence-electron chi connectivity index (χ4n) is 3.15. The predicted octanol–water partition coefficient (Wildman–Crippen LogP) is 3.78. The molecule has 2 heterocycles. The van der Waals surface area contributed by atoms with Gasteiger partial charge in [0.25, 0.3) is 0 Å². The summed E-state index contributed by atoms with van der Waals surface area (Å²) >= 11 is 0. The van der Waals surface area contributed by atoms with Crippen LogP contribution < -0.4 is 10.6 Å². The Kier molecular flexibility index (Phi) is 6.03. The van der Waals surface area contributed by atoms with Crippen LogP contribution in [0.1, 0.15) is 25.1 Å². The number of hydrogen-bond donors (Lipinski definition) is 2. The number of aromatic nitrogens is 1. The summed E-state index contributed by atoms with van der Waals surface area (Å²) in [6.07, 6.45) is 1.56. The van der Waals surface area contributed by atoms with Crippen molar-refractivity contribution in [2.24, 2.45) is 0 Å². The molecule has 2 amide bonds. The van der Waals surface area contributed by atoms with E-state index in [1.807, 2.05) is 6.92 Å². The molecule has 1 aliphatic rings. The van der Waals surface area contributed by atoms with E-state index >= 15 is 0 Å². The fourth-order valence-corrected chi connectivity index (χ4v) is 3.15. The lowest BCUT2D eigenvalue weighted by Crippen LogP contribution is -2.48. The minimum Gasteiger partial charge on any atom is -0.378 e. The number of nitrogens with one attached hydrogen (secondary N) is 2. The van der Waals surface area contributed by atoms with Crippen molar-refractivity contribution in [3.05, 3.63) is 53.6 Å². The number of benzene rings is 1. The molecule has 0 radical (unpaired) electrons. The average molecular weight is 372 g/mol. The van der Waals surface area contributed by atoms with E-state index in [0.29, 0.717) is 25.4 Å². The van der Waals surface area contributed by atoms with Crippen molar-refractivity contribution in [1.82, 2.24) is 9.88 Å². The van der Waals surface area contributed by atoms with E-state index in [1.54, 1.807) is 30.5 Å². The van der Waals surface area contributed by atoms with Gasteiger partial charge in [-0.3, -0.25) is 9.88 Å². The molecule has 27 heavy (non-hydrogen) atoms. The van der Waals surface area contributed by atoms with E-state index in [1.165, 1.54) is 6.07 Å². The van der Waals surface area contributed by atoms with Crippen molar-refractivity contribution in [3.8, 4) is 0 Å². The Morgan fingerprint density at radius 2 is 1.96 bits per heavy atom. The summed E-state index contributed by atoms with van der Waals surface area (Å²) in [6.45, 7) is 8.13. The van der Waals surface area contributed by atoms with Crippen molar-refractivity contribution < 1.29 is 13.9 Å². The van der Waals surface area contributed by atoms with Gasteiger partial charge in [-0.25, -0.2) is 9.18 Å². The van der Waals surface area contributed by atoms with Gasteiger partial charge in [-0.1, -0.05) is 6.07 Å². The molecule has 1 saturated heterocycles. The number of nitrogens with zero attached hydrogens (tertiary/aromatic N) is 2. The van der Waals surface area contributed by atoms with Crippen molar-refractivity contribution >= 4 is 17.4 Å². The number of morpholine rings is 1. The van der Waals surface area contributed by atoms with E-state index in [4.69, 9.17) is 4.74 Å². The number of pyridine rings is 1. The lowest BCUT2D eigenvalue weighted by Gasteiger charge is -2.38. The lowest BCUT2D eigenvalue weighted by atomic mass is 10.1. The predicted molar refractivity (Wildman–Crippen MR) is 103 cm³/mol. The van der Waals surface area contributed by atoms with Crippen LogP contribution in [0.3, 0.4) is 0 Å². The highest BCUT2D eigenvalue weighted by Gasteiger charge is 2.25. The summed E-state index contributed by atoms with van der Waals surface area (Å²) in [5.41, 5.74) is 2.49. The molecule has 1 fully saturated rings. The first-order chi connectivity index (χ1) is 12.9. The van der Waals surface area contributed by atoms with Crippen LogP contribution in [0.4, 0.5) is 20.6 Å². The van der Waals surface area contributed by atoms with Gasteiger partial charge in [0.05, 0.1) is 30.8 Å². The molecule has 2 N–H and O–H groups in total. The molecule has 0 aliphatic carbocycles. The van der Waals surface area contributed by atoms with Crippen LogP contribution >= 0.6 is 0 Å². The first-order valence-electron chi connectivity index (χ1n) is 9.05. The number of carbonyl (C=O) groups excluding carboxylic acids is 1. The van der Waals surface area contributed by atoms with Gasteiger partial charge in [0.15, 0.2) is 0 Å². The number of anilines is 2. The molecule has 7 heteroatoms. The summed E-state index contributed by atoms with van der Waals surface area (Å²) in [5, 5.41) is 5.23. The number of aryl methyl sites for hydroxylation is 1. The van der Waals surface area contributed by atoms with Crippen LogP contribution in [0.25, 0.3) is 0 Å². The topological polar surface area (TPSA) is 66.5 Å². The molecule has 2 aromatic rings. The maximum absolute atomic E-state index is 14.2. The minimum atomic E-state index is -0.509. The third-order valence-corrected chi connectivity index (χ3v) is 4.66. The zero-order valence-corrected chi connectivity index (χ0v) is 15.8. The van der Waals surface area contributed by atoms with Crippen molar-refractivity contribution in [1.29, 1.82) is 0 Å². The zero-order chi connectivity index (χ0) is 19.4. The van der Waals surface area contributed by atoms with E-state index in [0.717, 1.165) is 11.3 Å². The van der Waals surface area contributed by atoms with E-state index < -0.39 is 11.8 Å². The van der Waals surface area contributed by atoms with Crippen LogP contribution in [-0.4, -0.2) is 41.2 Å². The standard InChI is InChI=1S/C20H25FN4O2/c1-13-4-6-17(9-22-13)23-20(26)24-19-8-16(5-7-18(19)21)10-25-14(2)11-27-12-15(25)3/h4-9,14-15H,10-12H2,1-3H3,(H2,23,24,26)/t14-,15+. The summed E-state index contributed by atoms with van der Waals surface area (Å²) < 4.78 is 19.7. The fraction of sp³-hybridized carbons (Fsp3) is 0.400. The number of hydrogen-bond acceptors (Lipinski definition) is 4. The highest BCUT2D eigenvalue weighted by atomic mass is 19.1. The molecule has 1 aromatic carbocycles. The van der Waals surface area contributed by atoms with Gasteiger partial charge in [0.2, 0.25) is 0 Å². The third-order valence-electron chi connectivity index (χ3n) is 4.66. The molecule has 2 atom stereocenters. The molecule has 0 saturated carbocycles. The summed E-state index contributed by atoms with van der Waals surface area (Å²) in [7, 11) is 0. The van der Waals surface area contributed by atoms with Crippen LogP contribution in [-0.2, 0) is 11.3 Å². The molecule has 0 bridgehead atoms. The van der Waals surface area contributed by atoms with Gasteiger partial charge in [-0.15, -0.1) is 0 Å². The molecule has 0 spiro atoms. The monoisotopic (exact) mass is 372 g/mol. The van der Waals surface area contributed by atoms with Crippen molar-refractivity contribution in [2.45, 2.75) is 39.4 Å². The Labute approximate surface area is 158 Å². The van der Waals surface area contributed by atoms with Gasteiger partial charge in [-0.05, 0) is 50.6 Å². The maximum Gasteiger partial charge on any atom is 0.323 e. The summed E-state index contributed by atoms with van der Waals surface area (Å²) in [5.74, 6) is -0.473. The molecule has 6 nitrogen and oxygen atoms in total. The van der Waals surface area contributed by atoms with Gasteiger partial charge >= 0.3 is 6.03 Å². The first-order valence-corrected chi connectivity index (χ1v) is 9.05. The normalized spacial score (nSPS) is 20.3. The maximum atomic E-state index is 14.2. The quantitative estimate of drug-likeness (QED) is 0.857. The van der Waals surface area contributed by atoms with Crippen LogP contribution in [0.5, 0.6) is 0 Å². The second kappa shape index (κ2) is 8.45. The Bertz CT molecular complexity index is 787. The number of ether oxygens (including phenoxy) is 1. The van der Waals surface area contributed by atoms with Gasteiger partial charge < -0.3 is 15.4 Å². The molecule has 1 aromatic heterocycles. The highest BCUT2D eigenvalue weighted by Crippen LogP contribution is 2.21. The second-order valence-corrected chi connectivity index (χ2v) is 6.99. The number of urea groups is 1. The first kappa shape index (κ1) is 19.3. The zero-order valence-electron chi connectivity index (χ0n) is 15.8. The Hall–Kier alpha value is -2.51. The van der Waals surface area contributed by atoms with Crippen molar-refractivity contribution in [2.75, 3.05) is 23.8 Å². The number of rotatable bonds is 4. The van der Waals surface area contributed by atoms with E-state index in [2.05, 4.69) is 34.4 Å². The third kappa shape index (κ3) is 5.02. The van der Waals surface area contributed by atoms with Gasteiger partial charge in [0, 0.05) is 24.3 Å². The van der Waals surface area contributed by atoms with E-state index in [-0.39, 0.29) is 17.8 Å². The average Bonchev–Trinajstić information content (AvgIpc) is 2.63. The Morgan fingerprint density at radius 3 is 2.63 bits per heavy atom. The smallest absolute Gasteiger partial charge is 0.323 e. The van der Waals surface area contributed by atoms with Crippen LogP contribution in [0.2, 0.25) is 0 Å². The van der Waals surface area contributed by atoms with Crippen molar-refractivity contribution in [3.63, 3.8) is 0 Å². The number of amides is 2. The Balaban J connectivity index is 1.67. The molecule has 144 valence electrons. The SMILES string of the molecule is Cc1ccc(NC(=O)Nc2cc(CN3[C@H](C)COC[C@@H]3C)ccc2F)cn1.